The number of amides is 3. The van der Waals surface area contributed by atoms with E-state index in [1.54, 1.807) is 51.1 Å². The van der Waals surface area contributed by atoms with Gasteiger partial charge in [-0.05, 0) is 26.3 Å². The molecule has 2 N–H and O–H groups in total. The van der Waals surface area contributed by atoms with Gasteiger partial charge in [-0.15, -0.1) is 0 Å². The molecule has 0 fully saturated rings. The summed E-state index contributed by atoms with van der Waals surface area (Å²) in [5, 5.41) is 13.9. The average Bonchev–Trinajstić information content (AvgIpc) is 2.69. The monoisotopic (exact) mass is 418 g/mol. The molecule has 0 bridgehead atoms. The van der Waals surface area contributed by atoms with Gasteiger partial charge in [-0.25, -0.2) is 4.79 Å². The minimum atomic E-state index is -1.19. The molecule has 1 aromatic rings. The Bertz CT molecular complexity index is 798. The summed E-state index contributed by atoms with van der Waals surface area (Å²) in [5.41, 5.74) is -0.319. The Balaban J connectivity index is 3.04. The number of hydrogen-bond donors (Lipinski definition) is 2. The van der Waals surface area contributed by atoms with Crippen molar-refractivity contribution in [3.63, 3.8) is 0 Å². The Morgan fingerprint density at radius 1 is 1.10 bits per heavy atom. The maximum Gasteiger partial charge on any atom is 0.408 e. The lowest BCUT2D eigenvalue weighted by molar-refractivity contribution is -0.143. The summed E-state index contributed by atoms with van der Waals surface area (Å²) in [4.78, 5) is 49.7. The zero-order valence-electron chi connectivity index (χ0n) is 17.4. The fraction of sp³-hybridized carbons (Fsp3) is 0.450. The van der Waals surface area contributed by atoms with Crippen LogP contribution in [0.2, 0.25) is 0 Å². The molecule has 0 spiro atoms. The zero-order chi connectivity index (χ0) is 22.7. The highest BCUT2D eigenvalue weighted by Crippen LogP contribution is 2.21. The van der Waals surface area contributed by atoms with Crippen molar-refractivity contribution < 1.29 is 28.7 Å². The lowest BCUT2D eigenvalue weighted by Gasteiger charge is -2.29. The molecule has 0 aliphatic rings. The van der Waals surface area contributed by atoms with Crippen LogP contribution in [0.5, 0.6) is 0 Å². The molecular formula is C20H26N4O6. The van der Waals surface area contributed by atoms with E-state index in [-0.39, 0.29) is 0 Å². The molecule has 10 nitrogen and oxygen atoms in total. The fourth-order valence-electron chi connectivity index (χ4n) is 2.40. The quantitative estimate of drug-likeness (QED) is 0.472. The molecule has 0 aliphatic carbocycles. The van der Waals surface area contributed by atoms with Crippen LogP contribution >= 0.6 is 0 Å². The van der Waals surface area contributed by atoms with Crippen LogP contribution in [0.1, 0.15) is 32.4 Å². The summed E-state index contributed by atoms with van der Waals surface area (Å²) in [5.74, 6) is -2.02. The Kier molecular flexibility index (Phi) is 9.29. The van der Waals surface area contributed by atoms with Gasteiger partial charge in [0.15, 0.2) is 0 Å². The van der Waals surface area contributed by atoms with Crippen molar-refractivity contribution in [3.8, 4) is 6.07 Å². The summed E-state index contributed by atoms with van der Waals surface area (Å²) >= 11 is 0. The number of esters is 1. The standard InChI is InChI=1S/C20H26N4O6/c1-20(2,3)30-19(28)23-12-15(25)24(11-10-21)17(14-8-6-5-7-9-14)18(27)22-13-16(26)29-4/h5-9,17H,11-13H2,1-4H3,(H,22,27)(H,23,28). The third-order valence-corrected chi connectivity index (χ3v) is 3.65. The molecule has 0 aromatic heterocycles. The van der Waals surface area contributed by atoms with Gasteiger partial charge in [0.1, 0.15) is 31.3 Å². The molecular weight excluding hydrogens is 392 g/mol. The van der Waals surface area contributed by atoms with Crippen LogP contribution in [0.3, 0.4) is 0 Å². The number of rotatable bonds is 8. The van der Waals surface area contributed by atoms with E-state index in [9.17, 15) is 24.4 Å². The van der Waals surface area contributed by atoms with Crippen molar-refractivity contribution in [2.24, 2.45) is 0 Å². The van der Waals surface area contributed by atoms with Crippen molar-refractivity contribution >= 4 is 23.9 Å². The predicted octanol–water partition coefficient (Wildman–Crippen LogP) is 0.894. The fourth-order valence-corrected chi connectivity index (χ4v) is 2.40. The van der Waals surface area contributed by atoms with Crippen molar-refractivity contribution in [1.82, 2.24) is 15.5 Å². The van der Waals surface area contributed by atoms with E-state index >= 15 is 0 Å². The van der Waals surface area contributed by atoms with Crippen LogP contribution in [-0.4, -0.2) is 61.1 Å². The molecule has 1 unspecified atom stereocenters. The third-order valence-electron chi connectivity index (χ3n) is 3.65. The molecule has 30 heavy (non-hydrogen) atoms. The number of nitrogens with zero attached hydrogens (tertiary/aromatic N) is 2. The van der Waals surface area contributed by atoms with E-state index < -0.39 is 55.2 Å². The minimum absolute atomic E-state index is 0.399. The second kappa shape index (κ2) is 11.4. The number of carbonyl (C=O) groups excluding carboxylic acids is 4. The van der Waals surface area contributed by atoms with Crippen LogP contribution in [0, 0.1) is 11.3 Å². The van der Waals surface area contributed by atoms with Crippen molar-refractivity contribution in [2.75, 3.05) is 26.7 Å². The summed E-state index contributed by atoms with van der Waals surface area (Å²) in [6, 6.07) is 8.95. The van der Waals surface area contributed by atoms with Gasteiger partial charge in [-0.2, -0.15) is 5.26 Å². The average molecular weight is 418 g/mol. The molecule has 1 aromatic carbocycles. The molecule has 10 heteroatoms. The second-order valence-electron chi connectivity index (χ2n) is 7.14. The molecule has 1 rings (SSSR count). The molecule has 3 amide bonds. The van der Waals surface area contributed by atoms with Crippen LogP contribution in [0.25, 0.3) is 0 Å². The Labute approximate surface area is 175 Å². The highest BCUT2D eigenvalue weighted by atomic mass is 16.6. The second-order valence-corrected chi connectivity index (χ2v) is 7.14. The number of hydrogen-bond acceptors (Lipinski definition) is 7. The van der Waals surface area contributed by atoms with Gasteiger partial charge in [0, 0.05) is 0 Å². The highest BCUT2D eigenvalue weighted by Gasteiger charge is 2.32. The molecule has 0 heterocycles. The van der Waals surface area contributed by atoms with Crippen molar-refractivity contribution in [1.29, 1.82) is 5.26 Å². The van der Waals surface area contributed by atoms with E-state index in [1.165, 1.54) is 7.11 Å². The minimum Gasteiger partial charge on any atom is -0.468 e. The topological polar surface area (TPSA) is 138 Å². The smallest absolute Gasteiger partial charge is 0.408 e. The molecule has 0 radical (unpaired) electrons. The third kappa shape index (κ3) is 8.18. The number of methoxy groups -OCH3 is 1. The summed E-state index contributed by atoms with van der Waals surface area (Å²) in [7, 11) is 1.18. The number of nitrogens with one attached hydrogen (secondary N) is 2. The van der Waals surface area contributed by atoms with Gasteiger partial charge in [-0.1, -0.05) is 30.3 Å². The van der Waals surface area contributed by atoms with Gasteiger partial charge >= 0.3 is 12.1 Å². The molecule has 1 atom stereocenters. The summed E-state index contributed by atoms with van der Waals surface area (Å²) in [6.07, 6.45) is -0.806. The van der Waals surface area contributed by atoms with Crippen molar-refractivity contribution in [2.45, 2.75) is 32.4 Å². The lowest BCUT2D eigenvalue weighted by atomic mass is 10.0. The maximum atomic E-state index is 12.8. The number of alkyl carbamates (subject to hydrolysis) is 1. The van der Waals surface area contributed by atoms with Gasteiger partial charge in [0.05, 0.1) is 13.2 Å². The van der Waals surface area contributed by atoms with Crippen LogP contribution in [0.4, 0.5) is 4.79 Å². The van der Waals surface area contributed by atoms with Gasteiger partial charge < -0.3 is 25.0 Å². The first-order valence-corrected chi connectivity index (χ1v) is 9.11. The summed E-state index contributed by atoms with van der Waals surface area (Å²) < 4.78 is 9.58. The Morgan fingerprint density at radius 2 is 1.73 bits per heavy atom. The van der Waals surface area contributed by atoms with Crippen molar-refractivity contribution in [3.05, 3.63) is 35.9 Å². The Morgan fingerprint density at radius 3 is 2.27 bits per heavy atom. The number of benzene rings is 1. The first-order chi connectivity index (χ1) is 14.1. The Hall–Kier alpha value is -3.61. The van der Waals surface area contributed by atoms with E-state index in [2.05, 4.69) is 15.4 Å². The number of carbonyl (C=O) groups is 4. The highest BCUT2D eigenvalue weighted by molar-refractivity contribution is 5.92. The predicted molar refractivity (Wildman–Crippen MR) is 106 cm³/mol. The van der Waals surface area contributed by atoms with E-state index in [4.69, 9.17) is 4.74 Å². The van der Waals surface area contributed by atoms with Gasteiger partial charge in [-0.3, -0.25) is 14.4 Å². The van der Waals surface area contributed by atoms with E-state index in [1.807, 2.05) is 6.07 Å². The van der Waals surface area contributed by atoms with Gasteiger partial charge in [0.2, 0.25) is 11.8 Å². The van der Waals surface area contributed by atoms with E-state index in [0.717, 1.165) is 4.90 Å². The normalized spacial score (nSPS) is 11.4. The molecule has 0 aliphatic heterocycles. The zero-order valence-corrected chi connectivity index (χ0v) is 17.4. The molecule has 162 valence electrons. The lowest BCUT2D eigenvalue weighted by Crippen LogP contribution is -2.48. The molecule has 0 saturated heterocycles. The van der Waals surface area contributed by atoms with Crippen LogP contribution in [-0.2, 0) is 23.9 Å². The molecule has 0 saturated carbocycles. The van der Waals surface area contributed by atoms with Crippen LogP contribution in [0.15, 0.2) is 30.3 Å². The first kappa shape index (κ1) is 24.4. The number of nitriles is 1. The number of ether oxygens (including phenoxy) is 2. The first-order valence-electron chi connectivity index (χ1n) is 9.11. The maximum absolute atomic E-state index is 12.8. The SMILES string of the molecule is COC(=O)CNC(=O)C(c1ccccc1)N(CC#N)C(=O)CNC(=O)OC(C)(C)C. The van der Waals surface area contributed by atoms with Crippen LogP contribution < -0.4 is 10.6 Å². The largest absolute Gasteiger partial charge is 0.468 e. The summed E-state index contributed by atoms with van der Waals surface area (Å²) in [6.45, 7) is 3.72. The van der Waals surface area contributed by atoms with E-state index in [0.29, 0.717) is 5.56 Å². The van der Waals surface area contributed by atoms with Gasteiger partial charge in [0.25, 0.3) is 0 Å².